The van der Waals surface area contributed by atoms with Gasteiger partial charge in [-0.3, -0.25) is 4.90 Å². The molecule has 19 heavy (non-hydrogen) atoms. The second-order valence-electron chi connectivity index (χ2n) is 5.56. The van der Waals surface area contributed by atoms with Crippen molar-refractivity contribution < 1.29 is 4.39 Å². The Balaban J connectivity index is 2.17. The Labute approximate surface area is 115 Å². The fourth-order valence-corrected chi connectivity index (χ4v) is 3.07. The van der Waals surface area contributed by atoms with Gasteiger partial charge in [-0.2, -0.15) is 0 Å². The van der Waals surface area contributed by atoms with Crippen molar-refractivity contribution in [1.82, 2.24) is 4.90 Å². The van der Waals surface area contributed by atoms with E-state index in [1.165, 1.54) is 37.7 Å². The van der Waals surface area contributed by atoms with Gasteiger partial charge >= 0.3 is 0 Å². The van der Waals surface area contributed by atoms with E-state index in [2.05, 4.69) is 4.90 Å². The summed E-state index contributed by atoms with van der Waals surface area (Å²) in [6.45, 7) is 4.80. The van der Waals surface area contributed by atoms with Crippen molar-refractivity contribution in [1.29, 1.82) is 0 Å². The molecule has 2 N–H and O–H groups in total. The fraction of sp³-hybridized carbons (Fsp3) is 0.625. The van der Waals surface area contributed by atoms with E-state index in [1.807, 2.05) is 13.0 Å². The number of hydrogen-bond acceptors (Lipinski definition) is 2. The minimum atomic E-state index is -0.162. The predicted octanol–water partition coefficient (Wildman–Crippen LogP) is 3.40. The van der Waals surface area contributed by atoms with Gasteiger partial charge in [-0.1, -0.05) is 25.3 Å². The molecule has 1 atom stereocenters. The first-order valence-electron chi connectivity index (χ1n) is 7.42. The van der Waals surface area contributed by atoms with E-state index >= 15 is 0 Å². The highest BCUT2D eigenvalue weighted by Gasteiger charge is 2.21. The van der Waals surface area contributed by atoms with Crippen molar-refractivity contribution in [3.63, 3.8) is 0 Å². The zero-order chi connectivity index (χ0) is 13.7. The van der Waals surface area contributed by atoms with Gasteiger partial charge in [0.1, 0.15) is 5.82 Å². The van der Waals surface area contributed by atoms with Crippen LogP contribution in [0.25, 0.3) is 0 Å². The van der Waals surface area contributed by atoms with Crippen molar-refractivity contribution >= 4 is 0 Å². The zero-order valence-electron chi connectivity index (χ0n) is 11.9. The molecule has 1 aromatic rings. The summed E-state index contributed by atoms with van der Waals surface area (Å²) in [6, 6.07) is 5.30. The van der Waals surface area contributed by atoms with Gasteiger partial charge in [-0.05, 0) is 56.1 Å². The summed E-state index contributed by atoms with van der Waals surface area (Å²) in [7, 11) is 0. The monoisotopic (exact) mass is 264 g/mol. The highest BCUT2D eigenvalue weighted by molar-refractivity contribution is 5.30. The maximum atomic E-state index is 13.2. The third-order valence-corrected chi connectivity index (χ3v) is 4.15. The number of likely N-dealkylation sites (tertiary alicyclic amines) is 1. The van der Waals surface area contributed by atoms with Crippen LogP contribution in [0.2, 0.25) is 0 Å². The van der Waals surface area contributed by atoms with Crippen LogP contribution in [-0.2, 0) is 0 Å². The molecule has 2 rings (SSSR count). The second-order valence-corrected chi connectivity index (χ2v) is 5.56. The molecule has 0 saturated carbocycles. The number of nitrogens with zero attached hydrogens (tertiary/aromatic N) is 1. The minimum absolute atomic E-state index is 0.162. The Kier molecular flexibility index (Phi) is 5.34. The summed E-state index contributed by atoms with van der Waals surface area (Å²) in [4.78, 5) is 2.49. The van der Waals surface area contributed by atoms with Gasteiger partial charge in [0.25, 0.3) is 0 Å². The van der Waals surface area contributed by atoms with Crippen LogP contribution in [0.3, 0.4) is 0 Å². The minimum Gasteiger partial charge on any atom is -0.329 e. The first kappa shape index (κ1) is 14.5. The number of hydrogen-bond donors (Lipinski definition) is 1. The van der Waals surface area contributed by atoms with E-state index in [1.54, 1.807) is 12.1 Å². The fourth-order valence-electron chi connectivity index (χ4n) is 3.07. The summed E-state index contributed by atoms with van der Waals surface area (Å²) in [6.07, 6.45) is 6.48. The molecule has 0 aliphatic carbocycles. The Morgan fingerprint density at radius 1 is 1.16 bits per heavy atom. The maximum Gasteiger partial charge on any atom is 0.123 e. The molecule has 1 aliphatic rings. The first-order chi connectivity index (χ1) is 9.22. The summed E-state index contributed by atoms with van der Waals surface area (Å²) in [5.41, 5.74) is 8.19. The van der Waals surface area contributed by atoms with E-state index in [4.69, 9.17) is 5.73 Å². The van der Waals surface area contributed by atoms with Crippen LogP contribution >= 0.6 is 0 Å². The molecule has 1 aliphatic heterocycles. The molecule has 1 fully saturated rings. The molecule has 1 heterocycles. The van der Waals surface area contributed by atoms with Crippen LogP contribution in [0.15, 0.2) is 18.2 Å². The van der Waals surface area contributed by atoms with Crippen molar-refractivity contribution in [2.45, 2.75) is 45.1 Å². The third-order valence-electron chi connectivity index (χ3n) is 4.15. The third kappa shape index (κ3) is 3.77. The van der Waals surface area contributed by atoms with Gasteiger partial charge in [-0.15, -0.1) is 0 Å². The van der Waals surface area contributed by atoms with Crippen molar-refractivity contribution in [3.8, 4) is 0 Å². The molecule has 1 saturated heterocycles. The van der Waals surface area contributed by atoms with Crippen molar-refractivity contribution in [2.75, 3.05) is 19.6 Å². The van der Waals surface area contributed by atoms with Gasteiger partial charge < -0.3 is 5.73 Å². The second kappa shape index (κ2) is 7.01. The van der Waals surface area contributed by atoms with E-state index in [0.717, 1.165) is 18.7 Å². The average Bonchev–Trinajstić information content (AvgIpc) is 2.34. The normalized spacial score (nSPS) is 19.7. The lowest BCUT2D eigenvalue weighted by Gasteiger charge is -2.33. The lowest BCUT2D eigenvalue weighted by Crippen LogP contribution is -2.36. The summed E-state index contributed by atoms with van der Waals surface area (Å²) >= 11 is 0. The van der Waals surface area contributed by atoms with E-state index in [-0.39, 0.29) is 11.9 Å². The molecule has 0 radical (unpaired) electrons. The highest BCUT2D eigenvalue weighted by atomic mass is 19.1. The Morgan fingerprint density at radius 3 is 2.37 bits per heavy atom. The summed E-state index contributed by atoms with van der Waals surface area (Å²) < 4.78 is 13.2. The SMILES string of the molecule is Cc1cc(F)ccc1C(CN)N1CCCCCCC1. The van der Waals surface area contributed by atoms with Gasteiger partial charge in [0.05, 0.1) is 0 Å². The van der Waals surface area contributed by atoms with Gasteiger partial charge in [0, 0.05) is 12.6 Å². The smallest absolute Gasteiger partial charge is 0.123 e. The van der Waals surface area contributed by atoms with Crippen LogP contribution in [0.1, 0.15) is 49.3 Å². The van der Waals surface area contributed by atoms with E-state index < -0.39 is 0 Å². The molecule has 2 nitrogen and oxygen atoms in total. The van der Waals surface area contributed by atoms with Gasteiger partial charge in [0.15, 0.2) is 0 Å². The molecule has 106 valence electrons. The van der Waals surface area contributed by atoms with Gasteiger partial charge in [0.2, 0.25) is 0 Å². The molecule has 0 aromatic heterocycles. The number of rotatable bonds is 3. The topological polar surface area (TPSA) is 29.3 Å². The van der Waals surface area contributed by atoms with Gasteiger partial charge in [-0.25, -0.2) is 4.39 Å². The molecule has 0 spiro atoms. The number of nitrogens with two attached hydrogens (primary N) is 1. The Hall–Kier alpha value is -0.930. The molecule has 3 heteroatoms. The van der Waals surface area contributed by atoms with E-state index in [0.29, 0.717) is 6.54 Å². The highest BCUT2D eigenvalue weighted by Crippen LogP contribution is 2.26. The Bertz CT molecular complexity index is 398. The van der Waals surface area contributed by atoms with Crippen LogP contribution in [0, 0.1) is 12.7 Å². The zero-order valence-corrected chi connectivity index (χ0v) is 11.9. The summed E-state index contributed by atoms with van der Waals surface area (Å²) in [5.74, 6) is -0.162. The van der Waals surface area contributed by atoms with Crippen LogP contribution in [0.4, 0.5) is 4.39 Å². The molecule has 0 amide bonds. The largest absolute Gasteiger partial charge is 0.329 e. The van der Waals surface area contributed by atoms with Crippen LogP contribution < -0.4 is 5.73 Å². The quantitative estimate of drug-likeness (QED) is 0.906. The van der Waals surface area contributed by atoms with E-state index in [9.17, 15) is 4.39 Å². The summed E-state index contributed by atoms with van der Waals surface area (Å²) in [5, 5.41) is 0. The number of benzene rings is 1. The Morgan fingerprint density at radius 2 is 1.79 bits per heavy atom. The molecule has 1 aromatic carbocycles. The molecular weight excluding hydrogens is 239 g/mol. The standard InChI is InChI=1S/C16H25FN2/c1-13-11-14(17)7-8-15(13)16(12-18)19-9-5-3-2-4-6-10-19/h7-8,11,16H,2-6,9-10,12,18H2,1H3. The van der Waals surface area contributed by atoms with Crippen LogP contribution in [-0.4, -0.2) is 24.5 Å². The first-order valence-corrected chi connectivity index (χ1v) is 7.42. The van der Waals surface area contributed by atoms with Crippen LogP contribution in [0.5, 0.6) is 0 Å². The predicted molar refractivity (Wildman–Crippen MR) is 77.6 cm³/mol. The molecular formula is C16H25FN2. The number of halogens is 1. The van der Waals surface area contributed by atoms with Crippen molar-refractivity contribution in [3.05, 3.63) is 35.1 Å². The maximum absolute atomic E-state index is 13.2. The lowest BCUT2D eigenvalue weighted by molar-refractivity contribution is 0.183. The number of aryl methyl sites for hydroxylation is 1. The average molecular weight is 264 g/mol. The lowest BCUT2D eigenvalue weighted by atomic mass is 9.98. The molecule has 1 unspecified atom stereocenters. The van der Waals surface area contributed by atoms with Crippen molar-refractivity contribution in [2.24, 2.45) is 5.73 Å². The molecule has 0 bridgehead atoms.